The summed E-state index contributed by atoms with van der Waals surface area (Å²) in [6.07, 6.45) is -5.73. The van der Waals surface area contributed by atoms with Crippen molar-refractivity contribution in [2.75, 3.05) is 26.4 Å². The van der Waals surface area contributed by atoms with Crippen LogP contribution in [0.1, 0.15) is 44.6 Å². The summed E-state index contributed by atoms with van der Waals surface area (Å²) in [7, 11) is 0. The molecule has 3 aromatic rings. The van der Waals surface area contributed by atoms with Crippen LogP contribution in [0, 0.1) is 5.41 Å². The first-order valence-electron chi connectivity index (χ1n) is 20.5. The highest BCUT2D eigenvalue weighted by Crippen LogP contribution is 2.58. The lowest BCUT2D eigenvalue weighted by atomic mass is 9.62. The lowest BCUT2D eigenvalue weighted by Crippen LogP contribution is -2.69. The van der Waals surface area contributed by atoms with Gasteiger partial charge in [-0.3, -0.25) is 19.2 Å². The number of carbonyl (C=O) groups excluding carboxylic acids is 3. The largest absolute Gasteiger partial charge is 0.458 e. The maximum atomic E-state index is 14.9. The molecule has 1 saturated carbocycles. The van der Waals surface area contributed by atoms with E-state index in [2.05, 4.69) is 10.6 Å². The Labute approximate surface area is 350 Å². The van der Waals surface area contributed by atoms with Gasteiger partial charge in [0.25, 0.3) is 5.91 Å². The maximum absolute atomic E-state index is 14.9. The zero-order valence-electron chi connectivity index (χ0n) is 33.1. The molecule has 0 aromatic heterocycles. The number of hydrogen-bond donors (Lipinski definition) is 7. The van der Waals surface area contributed by atoms with Crippen LogP contribution < -0.4 is 10.6 Å². The Kier molecular flexibility index (Phi) is 11.6. The monoisotopic (exact) mass is 843 g/mol. The Morgan fingerprint density at radius 3 is 2.43 bits per heavy atom. The molecule has 7 N–H and O–H groups in total. The molecular formula is C44H49N3O14. The molecule has 0 radical (unpaired) electrons. The highest BCUT2D eigenvalue weighted by Gasteiger charge is 2.76. The topological polar surface area (TPSA) is 235 Å². The minimum Gasteiger partial charge on any atom is -0.458 e. The van der Waals surface area contributed by atoms with E-state index in [-0.39, 0.29) is 45.2 Å². The number of aliphatic hydroxyl groups excluding tert-OH is 5. The van der Waals surface area contributed by atoms with Crippen LogP contribution in [0.3, 0.4) is 0 Å². The van der Waals surface area contributed by atoms with Crippen molar-refractivity contribution in [2.45, 2.75) is 99.3 Å². The number of hydrogen-bond acceptors (Lipinski definition) is 15. The van der Waals surface area contributed by atoms with Gasteiger partial charge in [-0.2, -0.15) is 5.06 Å². The summed E-state index contributed by atoms with van der Waals surface area (Å²) in [5.74, 6) is -2.45. The van der Waals surface area contributed by atoms with Crippen LogP contribution in [0.4, 0.5) is 0 Å². The Hall–Kier alpha value is -4.63. The van der Waals surface area contributed by atoms with Crippen LogP contribution in [0.25, 0.3) is 6.08 Å². The third-order valence-electron chi connectivity index (χ3n) is 12.6. The van der Waals surface area contributed by atoms with E-state index in [1.807, 2.05) is 48.5 Å². The lowest BCUT2D eigenvalue weighted by molar-refractivity contribution is -0.298. The van der Waals surface area contributed by atoms with E-state index in [0.29, 0.717) is 24.0 Å². The number of amides is 2. The molecule has 5 fully saturated rings. The zero-order chi connectivity index (χ0) is 42.5. The van der Waals surface area contributed by atoms with Gasteiger partial charge in [0.2, 0.25) is 5.91 Å². The number of benzene rings is 3. The second-order valence-corrected chi connectivity index (χ2v) is 16.4. The average molecular weight is 844 g/mol. The molecular weight excluding hydrogens is 794 g/mol. The highest BCUT2D eigenvalue weighted by molar-refractivity contribution is 5.95. The van der Waals surface area contributed by atoms with E-state index in [1.165, 1.54) is 5.06 Å². The minimum atomic E-state index is -1.57. The summed E-state index contributed by atoms with van der Waals surface area (Å²) < 4.78 is 30.9. The summed E-state index contributed by atoms with van der Waals surface area (Å²) >= 11 is 0. The molecule has 61 heavy (non-hydrogen) atoms. The van der Waals surface area contributed by atoms with E-state index in [1.54, 1.807) is 36.4 Å². The van der Waals surface area contributed by atoms with Gasteiger partial charge >= 0.3 is 5.97 Å². The normalized spacial score (nSPS) is 33.4. The molecule has 4 aliphatic heterocycles. The molecule has 17 nitrogen and oxygen atoms in total. The Balaban J connectivity index is 0.975. The number of carbonyl (C=O) groups is 3. The predicted molar refractivity (Wildman–Crippen MR) is 210 cm³/mol. The maximum Gasteiger partial charge on any atom is 0.327 e. The Morgan fingerprint density at radius 2 is 1.66 bits per heavy atom. The fourth-order valence-corrected chi connectivity index (χ4v) is 9.74. The molecule has 11 unspecified atom stereocenters. The first-order valence-corrected chi connectivity index (χ1v) is 20.5. The number of hydroxylamine groups is 2. The Morgan fingerprint density at radius 1 is 0.902 bits per heavy atom. The van der Waals surface area contributed by atoms with Gasteiger partial charge in [-0.05, 0) is 39.9 Å². The van der Waals surface area contributed by atoms with Gasteiger partial charge in [-0.25, -0.2) is 0 Å². The van der Waals surface area contributed by atoms with E-state index >= 15 is 0 Å². The second kappa shape index (κ2) is 16.9. The van der Waals surface area contributed by atoms with Crippen molar-refractivity contribution in [3.63, 3.8) is 0 Å². The molecule has 3 aromatic carbocycles. The van der Waals surface area contributed by atoms with E-state index < -0.39 is 90.8 Å². The van der Waals surface area contributed by atoms with Crippen LogP contribution in [-0.4, -0.2) is 142 Å². The molecule has 1 spiro atoms. The van der Waals surface area contributed by atoms with Crippen molar-refractivity contribution in [3.8, 4) is 0 Å². The quantitative estimate of drug-likeness (QED) is 0.109. The van der Waals surface area contributed by atoms with E-state index in [9.17, 15) is 34.8 Å². The number of nitrogens with one attached hydrogen (secondary N) is 2. The van der Waals surface area contributed by atoms with Gasteiger partial charge in [0.1, 0.15) is 54.2 Å². The molecule has 9 rings (SSSR count). The van der Waals surface area contributed by atoms with Crippen LogP contribution >= 0.6 is 0 Å². The number of nitrogens with zero attached hydrogens (tertiary/aromatic N) is 1. The van der Waals surface area contributed by atoms with Crippen molar-refractivity contribution < 1.29 is 68.4 Å². The molecule has 2 amide bonds. The van der Waals surface area contributed by atoms with Gasteiger partial charge in [0.05, 0.1) is 26.4 Å². The average Bonchev–Trinajstić information content (AvgIpc) is 3.95. The van der Waals surface area contributed by atoms with Gasteiger partial charge < -0.3 is 59.9 Å². The second-order valence-electron chi connectivity index (χ2n) is 16.4. The molecule has 17 heteroatoms. The molecule has 4 heterocycles. The van der Waals surface area contributed by atoms with Gasteiger partial charge in [-0.15, -0.1) is 0 Å². The third kappa shape index (κ3) is 7.57. The fourth-order valence-electron chi connectivity index (χ4n) is 9.74. The van der Waals surface area contributed by atoms with Gasteiger partial charge in [0.15, 0.2) is 18.1 Å². The summed E-state index contributed by atoms with van der Waals surface area (Å²) in [4.78, 5) is 48.6. The van der Waals surface area contributed by atoms with Gasteiger partial charge in [0, 0.05) is 37.9 Å². The van der Waals surface area contributed by atoms with Gasteiger partial charge in [-0.1, -0.05) is 72.8 Å². The third-order valence-corrected chi connectivity index (χ3v) is 12.6. The van der Waals surface area contributed by atoms with Crippen molar-refractivity contribution in [1.82, 2.24) is 15.7 Å². The summed E-state index contributed by atoms with van der Waals surface area (Å²) in [6, 6.07) is 21.0. The van der Waals surface area contributed by atoms with E-state index in [4.69, 9.17) is 33.6 Å². The smallest absolute Gasteiger partial charge is 0.327 e. The molecule has 6 aliphatic rings. The number of aliphatic hydroxyl groups is 5. The van der Waals surface area contributed by atoms with Crippen LogP contribution in [0.5, 0.6) is 0 Å². The van der Waals surface area contributed by atoms with Crippen molar-refractivity contribution >= 4 is 23.9 Å². The number of fused-ring (bicyclic) bond motifs is 5. The summed E-state index contributed by atoms with van der Waals surface area (Å²) in [5, 5.41) is 56.5. The van der Waals surface area contributed by atoms with Crippen LogP contribution in [-0.2, 0) is 64.0 Å². The number of ether oxygens (including phenoxy) is 5. The zero-order valence-corrected chi connectivity index (χ0v) is 33.1. The van der Waals surface area contributed by atoms with Crippen molar-refractivity contribution in [2.24, 2.45) is 5.41 Å². The molecule has 324 valence electrons. The highest BCUT2D eigenvalue weighted by atomic mass is 16.8. The van der Waals surface area contributed by atoms with Crippen molar-refractivity contribution in [1.29, 1.82) is 0 Å². The molecule has 11 atom stereocenters. The lowest BCUT2D eigenvalue weighted by Gasteiger charge is -2.48. The van der Waals surface area contributed by atoms with Crippen LogP contribution in [0.15, 0.2) is 78.9 Å². The number of rotatable bonds is 13. The van der Waals surface area contributed by atoms with Crippen molar-refractivity contribution in [3.05, 3.63) is 112 Å². The number of esters is 1. The first kappa shape index (κ1) is 41.7. The molecule has 2 aliphatic carbocycles. The minimum absolute atomic E-state index is 0.0460. The van der Waals surface area contributed by atoms with Crippen LogP contribution in [0.2, 0.25) is 0 Å². The molecule has 2 bridgehead atoms. The first-order chi connectivity index (χ1) is 29.5. The summed E-state index contributed by atoms with van der Waals surface area (Å²) in [6.45, 7) is -0.650. The fraction of sp³-hybridized carbons (Fsp3) is 0.477. The summed E-state index contributed by atoms with van der Waals surface area (Å²) in [5.41, 5.74) is 3.20. The van der Waals surface area contributed by atoms with E-state index in [0.717, 1.165) is 22.3 Å². The SMILES string of the molecule is O=C(NCCO)c1cccc(CNC(=O)C23CC4OC(=O)C2N(Cc2ccccc2C=CCOC2OC(CO)C(O)C(O)C2O)OC3C2OC3(Cc5ccccc5C3)OC42)c1. The predicted octanol–water partition coefficient (Wildman–Crippen LogP) is -0.366. The standard InChI is InChI=1S/C44H49N3O14/c48-15-14-45-39(53)26-12-5-7-24(17-26)21-46-42(55)44-20-30-35-36(60-43(59-35)18-27-9-2-3-10-28(27)19-43)38(44)61-47(37(44)40(54)57-30)22-29-11-4-1-8-25(29)13-6-16-56-41-34(52)33(51)32(50)31(23-49)58-41/h1-13,17,30-38,41,48-52H,14-16,18-23H2,(H,45,53)(H,46,55). The Bertz CT molecular complexity index is 2140. The molecule has 4 saturated heterocycles.